The zero-order chi connectivity index (χ0) is 20.2. The average Bonchev–Trinajstić information content (AvgIpc) is 3.20. The van der Waals surface area contributed by atoms with Crippen LogP contribution in [0.5, 0.6) is 0 Å². The van der Waals surface area contributed by atoms with Gasteiger partial charge in [0.1, 0.15) is 0 Å². The van der Waals surface area contributed by atoms with Gasteiger partial charge in [-0.3, -0.25) is 9.59 Å². The summed E-state index contributed by atoms with van der Waals surface area (Å²) in [6.45, 7) is -0.146. The third-order valence-electron chi connectivity index (χ3n) is 4.31. The summed E-state index contributed by atoms with van der Waals surface area (Å²) < 4.78 is 0. The van der Waals surface area contributed by atoms with E-state index in [-0.39, 0.29) is 18.4 Å². The second kappa shape index (κ2) is 8.43. The number of hydrogen-bond acceptors (Lipinski definition) is 4. The van der Waals surface area contributed by atoms with Gasteiger partial charge < -0.3 is 10.6 Å². The number of halogens is 1. The van der Waals surface area contributed by atoms with Gasteiger partial charge in [-0.1, -0.05) is 48.0 Å². The Morgan fingerprint density at radius 3 is 2.52 bits per heavy atom. The van der Waals surface area contributed by atoms with E-state index in [1.54, 1.807) is 24.3 Å². The van der Waals surface area contributed by atoms with E-state index >= 15 is 0 Å². The Bertz CT molecular complexity index is 1190. The van der Waals surface area contributed by atoms with E-state index in [0.717, 1.165) is 22.0 Å². The van der Waals surface area contributed by atoms with Gasteiger partial charge in [-0.05, 0) is 41.1 Å². The molecule has 5 nitrogen and oxygen atoms in total. The van der Waals surface area contributed by atoms with Crippen molar-refractivity contribution in [3.8, 4) is 11.3 Å². The predicted molar refractivity (Wildman–Crippen MR) is 117 cm³/mol. The summed E-state index contributed by atoms with van der Waals surface area (Å²) in [7, 11) is 0. The number of amides is 2. The van der Waals surface area contributed by atoms with Gasteiger partial charge in [0.15, 0.2) is 5.13 Å². The van der Waals surface area contributed by atoms with Crippen LogP contribution in [0.1, 0.15) is 10.4 Å². The molecule has 0 aliphatic carbocycles. The van der Waals surface area contributed by atoms with Crippen molar-refractivity contribution in [1.29, 1.82) is 0 Å². The summed E-state index contributed by atoms with van der Waals surface area (Å²) in [6.07, 6.45) is 0. The number of rotatable bonds is 5. The van der Waals surface area contributed by atoms with Crippen LogP contribution in [0.3, 0.4) is 0 Å². The van der Waals surface area contributed by atoms with Crippen molar-refractivity contribution in [3.63, 3.8) is 0 Å². The molecule has 0 radical (unpaired) electrons. The Morgan fingerprint density at radius 2 is 1.72 bits per heavy atom. The summed E-state index contributed by atoms with van der Waals surface area (Å²) in [4.78, 5) is 28.7. The van der Waals surface area contributed by atoms with Gasteiger partial charge >= 0.3 is 0 Å². The smallest absolute Gasteiger partial charge is 0.251 e. The highest BCUT2D eigenvalue weighted by Crippen LogP contribution is 2.27. The Balaban J connectivity index is 1.37. The topological polar surface area (TPSA) is 71.1 Å². The molecule has 29 heavy (non-hydrogen) atoms. The zero-order valence-corrected chi connectivity index (χ0v) is 16.8. The molecule has 0 aliphatic heterocycles. The Hall–Kier alpha value is -3.22. The molecule has 4 aromatic rings. The average molecular weight is 422 g/mol. The summed E-state index contributed by atoms with van der Waals surface area (Å²) in [5, 5.41) is 10.5. The second-order valence-electron chi connectivity index (χ2n) is 6.34. The van der Waals surface area contributed by atoms with Crippen molar-refractivity contribution in [2.24, 2.45) is 0 Å². The number of nitrogens with zero attached hydrogens (tertiary/aromatic N) is 1. The maximum absolute atomic E-state index is 12.1. The van der Waals surface area contributed by atoms with E-state index in [0.29, 0.717) is 15.7 Å². The van der Waals surface area contributed by atoms with E-state index in [9.17, 15) is 9.59 Å². The van der Waals surface area contributed by atoms with Crippen LogP contribution in [0.25, 0.3) is 22.0 Å². The number of fused-ring (bicyclic) bond motifs is 1. The quantitative estimate of drug-likeness (QED) is 0.477. The molecule has 0 fully saturated rings. The second-order valence-corrected chi connectivity index (χ2v) is 7.63. The maximum Gasteiger partial charge on any atom is 0.251 e. The van der Waals surface area contributed by atoms with Gasteiger partial charge in [-0.2, -0.15) is 0 Å². The van der Waals surface area contributed by atoms with Crippen molar-refractivity contribution >= 4 is 50.7 Å². The fraction of sp³-hybridized carbons (Fsp3) is 0.0455. The van der Waals surface area contributed by atoms with Gasteiger partial charge in [-0.25, -0.2) is 4.98 Å². The molecule has 7 heteroatoms. The molecule has 2 amide bonds. The molecule has 2 N–H and O–H groups in total. The minimum absolute atomic E-state index is 0.146. The normalized spacial score (nSPS) is 10.7. The number of nitrogens with one attached hydrogen (secondary N) is 2. The van der Waals surface area contributed by atoms with Crippen molar-refractivity contribution < 1.29 is 9.59 Å². The number of carbonyl (C=O) groups is 2. The lowest BCUT2D eigenvalue weighted by atomic mass is 10.1. The first-order chi connectivity index (χ1) is 14.1. The standard InChI is InChI=1S/C22H16ClN3O2S/c23-18-9-7-15(8-10-18)21(28)24-12-20(27)26-22-25-19(13-29-22)17-6-5-14-3-1-2-4-16(14)11-17/h1-11,13H,12H2,(H,24,28)(H,25,26,27). The summed E-state index contributed by atoms with van der Waals surface area (Å²) in [6, 6.07) is 20.7. The molecule has 3 aromatic carbocycles. The SMILES string of the molecule is O=C(CNC(=O)c1ccc(Cl)cc1)Nc1nc(-c2ccc3ccccc3c2)cs1. The Morgan fingerprint density at radius 1 is 0.966 bits per heavy atom. The summed E-state index contributed by atoms with van der Waals surface area (Å²) in [5.74, 6) is -0.681. The molecule has 0 bridgehead atoms. The van der Waals surface area contributed by atoms with Crippen LogP contribution in [-0.4, -0.2) is 23.3 Å². The van der Waals surface area contributed by atoms with Gasteiger partial charge in [0, 0.05) is 21.5 Å². The summed E-state index contributed by atoms with van der Waals surface area (Å²) >= 11 is 7.15. The number of hydrogen-bond donors (Lipinski definition) is 2. The van der Waals surface area contributed by atoms with E-state index in [1.807, 2.05) is 23.6 Å². The minimum atomic E-state index is -0.341. The fourth-order valence-corrected chi connectivity index (χ4v) is 3.70. The molecule has 0 saturated heterocycles. The van der Waals surface area contributed by atoms with E-state index in [4.69, 9.17) is 11.6 Å². The highest BCUT2D eigenvalue weighted by molar-refractivity contribution is 7.14. The number of carbonyl (C=O) groups excluding carboxylic acids is 2. The lowest BCUT2D eigenvalue weighted by Crippen LogP contribution is -2.32. The first kappa shape index (κ1) is 19.1. The minimum Gasteiger partial charge on any atom is -0.343 e. The molecule has 1 heterocycles. The lowest BCUT2D eigenvalue weighted by Gasteiger charge is -2.05. The van der Waals surface area contributed by atoms with Crippen LogP contribution in [0.2, 0.25) is 5.02 Å². The number of benzene rings is 3. The van der Waals surface area contributed by atoms with Gasteiger partial charge in [0.05, 0.1) is 12.2 Å². The molecule has 0 aliphatic rings. The molecule has 1 aromatic heterocycles. The Kier molecular flexibility index (Phi) is 5.55. The summed E-state index contributed by atoms with van der Waals surface area (Å²) in [5.41, 5.74) is 2.22. The lowest BCUT2D eigenvalue weighted by molar-refractivity contribution is -0.115. The van der Waals surface area contributed by atoms with E-state index < -0.39 is 0 Å². The molecule has 0 saturated carbocycles. The highest BCUT2D eigenvalue weighted by atomic mass is 35.5. The molecule has 4 rings (SSSR count). The highest BCUT2D eigenvalue weighted by Gasteiger charge is 2.11. The molecular weight excluding hydrogens is 406 g/mol. The molecule has 0 unspecified atom stereocenters. The zero-order valence-electron chi connectivity index (χ0n) is 15.2. The third kappa shape index (κ3) is 4.62. The van der Waals surface area contributed by atoms with E-state index in [1.165, 1.54) is 11.3 Å². The fourth-order valence-electron chi connectivity index (χ4n) is 2.84. The van der Waals surface area contributed by atoms with Crippen LogP contribution < -0.4 is 10.6 Å². The maximum atomic E-state index is 12.1. The van der Waals surface area contributed by atoms with Crippen molar-refractivity contribution in [2.75, 3.05) is 11.9 Å². The van der Waals surface area contributed by atoms with Crippen LogP contribution in [0.15, 0.2) is 72.1 Å². The molecule has 0 spiro atoms. The van der Waals surface area contributed by atoms with Gasteiger partial charge in [0.25, 0.3) is 5.91 Å². The molecule has 144 valence electrons. The van der Waals surface area contributed by atoms with Gasteiger partial charge in [0.2, 0.25) is 5.91 Å². The number of anilines is 1. The Labute approximate surface area is 176 Å². The monoisotopic (exact) mass is 421 g/mol. The van der Waals surface area contributed by atoms with Crippen LogP contribution in [-0.2, 0) is 4.79 Å². The van der Waals surface area contributed by atoms with Crippen LogP contribution in [0, 0.1) is 0 Å². The number of thiazole rings is 1. The first-order valence-corrected chi connectivity index (χ1v) is 10.1. The van der Waals surface area contributed by atoms with Crippen molar-refractivity contribution in [1.82, 2.24) is 10.3 Å². The van der Waals surface area contributed by atoms with Gasteiger partial charge in [-0.15, -0.1) is 11.3 Å². The van der Waals surface area contributed by atoms with Crippen molar-refractivity contribution in [2.45, 2.75) is 0 Å². The van der Waals surface area contributed by atoms with Crippen LogP contribution in [0.4, 0.5) is 5.13 Å². The molecular formula is C22H16ClN3O2S. The van der Waals surface area contributed by atoms with Crippen LogP contribution >= 0.6 is 22.9 Å². The molecule has 0 atom stereocenters. The van der Waals surface area contributed by atoms with Crippen molar-refractivity contribution in [3.05, 3.63) is 82.7 Å². The number of aromatic nitrogens is 1. The predicted octanol–water partition coefficient (Wildman–Crippen LogP) is 4.99. The van der Waals surface area contributed by atoms with E-state index in [2.05, 4.69) is 39.9 Å². The first-order valence-electron chi connectivity index (χ1n) is 8.87. The third-order valence-corrected chi connectivity index (χ3v) is 5.32. The largest absolute Gasteiger partial charge is 0.343 e.